The smallest absolute Gasteiger partial charge is 0.315 e. The molecule has 7 heteroatoms. The molecule has 3 heterocycles. The Bertz CT molecular complexity index is 578. The minimum absolute atomic E-state index is 0.0341. The predicted molar refractivity (Wildman–Crippen MR) is 96.4 cm³/mol. The van der Waals surface area contributed by atoms with Gasteiger partial charge in [-0.25, -0.2) is 4.79 Å². The summed E-state index contributed by atoms with van der Waals surface area (Å²) in [5.41, 5.74) is 3.82. The van der Waals surface area contributed by atoms with E-state index in [4.69, 9.17) is 9.84 Å². The van der Waals surface area contributed by atoms with E-state index < -0.39 is 0 Å². The summed E-state index contributed by atoms with van der Waals surface area (Å²) in [5, 5.41) is 10.8. The van der Waals surface area contributed by atoms with Crippen LogP contribution in [-0.2, 0) is 30.9 Å². The molecule has 25 heavy (non-hydrogen) atoms. The van der Waals surface area contributed by atoms with Crippen LogP contribution in [0.15, 0.2) is 0 Å². The zero-order valence-electron chi connectivity index (χ0n) is 15.5. The number of fused-ring (bicyclic) bond motifs is 1. The largest absolute Gasteiger partial charge is 0.376 e. The number of carbonyl (C=O) groups is 1. The summed E-state index contributed by atoms with van der Waals surface area (Å²) in [7, 11) is 0. The number of hydrogen-bond donors (Lipinski definition) is 2. The summed E-state index contributed by atoms with van der Waals surface area (Å²) in [6.07, 6.45) is 3.92. The molecule has 0 atom stereocenters. The minimum Gasteiger partial charge on any atom is -0.376 e. The molecule has 0 aromatic carbocycles. The van der Waals surface area contributed by atoms with Crippen LogP contribution in [0.2, 0.25) is 0 Å². The second-order valence-electron chi connectivity index (χ2n) is 6.94. The van der Waals surface area contributed by atoms with E-state index >= 15 is 0 Å². The van der Waals surface area contributed by atoms with Crippen molar-refractivity contribution in [3.63, 3.8) is 0 Å². The first-order valence-corrected chi connectivity index (χ1v) is 9.63. The number of rotatable bonds is 6. The van der Waals surface area contributed by atoms with Crippen LogP contribution in [0.5, 0.6) is 0 Å². The number of hydrogen-bond acceptors (Lipinski definition) is 4. The van der Waals surface area contributed by atoms with Gasteiger partial charge in [0.25, 0.3) is 0 Å². The first-order valence-electron chi connectivity index (χ1n) is 9.63. The summed E-state index contributed by atoms with van der Waals surface area (Å²) in [6.45, 7) is 10.2. The fourth-order valence-corrected chi connectivity index (χ4v) is 3.69. The summed E-state index contributed by atoms with van der Waals surface area (Å²) in [6, 6.07) is 0.242. The van der Waals surface area contributed by atoms with Gasteiger partial charge in [0.1, 0.15) is 0 Å². The number of ether oxygens (including phenoxy) is 1. The molecular formula is C18H31N5O2. The third-order valence-corrected chi connectivity index (χ3v) is 5.11. The lowest BCUT2D eigenvalue weighted by molar-refractivity contribution is 0.107. The highest BCUT2D eigenvalue weighted by Gasteiger charge is 2.25. The Balaban J connectivity index is 1.51. The van der Waals surface area contributed by atoms with E-state index in [1.165, 1.54) is 17.0 Å². The third-order valence-electron chi connectivity index (χ3n) is 5.11. The number of nitrogens with zero attached hydrogens (tertiary/aromatic N) is 3. The van der Waals surface area contributed by atoms with Crippen molar-refractivity contribution in [3.8, 4) is 0 Å². The minimum atomic E-state index is -0.0341. The first kappa shape index (κ1) is 18.2. The van der Waals surface area contributed by atoms with Crippen molar-refractivity contribution in [2.24, 2.45) is 0 Å². The zero-order valence-corrected chi connectivity index (χ0v) is 15.5. The van der Waals surface area contributed by atoms with Gasteiger partial charge in [-0.05, 0) is 26.2 Å². The fourth-order valence-electron chi connectivity index (χ4n) is 3.69. The molecule has 2 N–H and O–H groups in total. The maximum absolute atomic E-state index is 11.8. The summed E-state index contributed by atoms with van der Waals surface area (Å²) in [5.74, 6) is 0. The zero-order chi connectivity index (χ0) is 17.6. The van der Waals surface area contributed by atoms with Gasteiger partial charge >= 0.3 is 6.03 Å². The summed E-state index contributed by atoms with van der Waals surface area (Å²) < 4.78 is 7.79. The van der Waals surface area contributed by atoms with Crippen molar-refractivity contribution in [3.05, 3.63) is 17.0 Å². The second-order valence-corrected chi connectivity index (χ2v) is 6.94. The molecule has 2 amide bonds. The normalized spacial score (nSPS) is 18.8. The van der Waals surface area contributed by atoms with Crippen LogP contribution in [0.1, 0.15) is 50.1 Å². The van der Waals surface area contributed by atoms with Crippen molar-refractivity contribution in [1.29, 1.82) is 0 Å². The Labute approximate surface area is 150 Å². The number of aryl methyl sites for hydroxylation is 1. The van der Waals surface area contributed by atoms with Gasteiger partial charge < -0.3 is 15.4 Å². The van der Waals surface area contributed by atoms with Crippen LogP contribution in [0.25, 0.3) is 0 Å². The molecule has 0 aliphatic carbocycles. The molecule has 3 rings (SSSR count). The number of carbonyl (C=O) groups excluding carboxylic acids is 1. The molecule has 1 saturated heterocycles. The Morgan fingerprint density at radius 3 is 2.84 bits per heavy atom. The molecule has 2 aliphatic rings. The standard InChI is InChI=1S/C18H31N5O2/c1-3-8-19-18(24)20-14-5-9-22(10-6-14)12-16-15-13-25-11-7-17(15)23(4-2)21-16/h14H,3-13H2,1-2H3,(H2,19,20,24). The van der Waals surface area contributed by atoms with Crippen LogP contribution in [-0.4, -0.2) is 53.0 Å². The van der Waals surface area contributed by atoms with E-state index in [2.05, 4.69) is 34.1 Å². The van der Waals surface area contributed by atoms with Gasteiger partial charge in [-0.1, -0.05) is 6.92 Å². The lowest BCUT2D eigenvalue weighted by atomic mass is 10.0. The number of amides is 2. The van der Waals surface area contributed by atoms with Crippen LogP contribution in [0.3, 0.4) is 0 Å². The Morgan fingerprint density at radius 2 is 2.12 bits per heavy atom. The van der Waals surface area contributed by atoms with E-state index in [0.717, 1.165) is 65.0 Å². The molecule has 0 saturated carbocycles. The topological polar surface area (TPSA) is 71.4 Å². The summed E-state index contributed by atoms with van der Waals surface area (Å²) >= 11 is 0. The van der Waals surface area contributed by atoms with E-state index in [1.807, 2.05) is 0 Å². The number of piperidine rings is 1. The predicted octanol–water partition coefficient (Wildman–Crippen LogP) is 1.65. The molecule has 0 unspecified atom stereocenters. The molecule has 7 nitrogen and oxygen atoms in total. The average Bonchev–Trinajstić information content (AvgIpc) is 2.99. The monoisotopic (exact) mass is 349 g/mol. The molecule has 0 radical (unpaired) electrons. The Morgan fingerprint density at radius 1 is 1.32 bits per heavy atom. The number of urea groups is 1. The van der Waals surface area contributed by atoms with Crippen molar-refractivity contribution in [2.45, 2.75) is 65.3 Å². The average molecular weight is 349 g/mol. The van der Waals surface area contributed by atoms with Gasteiger partial charge in [0, 0.05) is 56.4 Å². The van der Waals surface area contributed by atoms with Gasteiger partial charge in [-0.3, -0.25) is 9.58 Å². The van der Waals surface area contributed by atoms with Gasteiger partial charge in [0.05, 0.1) is 18.9 Å². The fraction of sp³-hybridized carbons (Fsp3) is 0.778. The molecule has 1 fully saturated rings. The van der Waals surface area contributed by atoms with Gasteiger partial charge in [-0.15, -0.1) is 0 Å². The number of aromatic nitrogens is 2. The molecule has 1 aromatic heterocycles. The highest BCUT2D eigenvalue weighted by atomic mass is 16.5. The molecule has 2 aliphatic heterocycles. The summed E-state index contributed by atoms with van der Waals surface area (Å²) in [4.78, 5) is 14.2. The van der Waals surface area contributed by atoms with Gasteiger partial charge in [0.15, 0.2) is 0 Å². The van der Waals surface area contributed by atoms with Crippen LogP contribution < -0.4 is 10.6 Å². The van der Waals surface area contributed by atoms with Crippen LogP contribution in [0, 0.1) is 0 Å². The van der Waals surface area contributed by atoms with E-state index in [0.29, 0.717) is 6.61 Å². The SMILES string of the molecule is CCCNC(=O)NC1CCN(Cc2nn(CC)c3c2COCC3)CC1. The molecule has 0 bridgehead atoms. The van der Waals surface area contributed by atoms with Crippen LogP contribution in [0.4, 0.5) is 4.79 Å². The molecule has 0 spiro atoms. The molecular weight excluding hydrogens is 318 g/mol. The molecule has 1 aromatic rings. The van der Waals surface area contributed by atoms with Crippen molar-refractivity contribution < 1.29 is 9.53 Å². The maximum atomic E-state index is 11.8. The molecule has 140 valence electrons. The first-order chi connectivity index (χ1) is 12.2. The number of nitrogens with one attached hydrogen (secondary N) is 2. The number of likely N-dealkylation sites (tertiary alicyclic amines) is 1. The Kier molecular flexibility index (Phi) is 6.31. The third kappa shape index (κ3) is 4.52. The second kappa shape index (κ2) is 8.67. The lowest BCUT2D eigenvalue weighted by Gasteiger charge is -2.32. The van der Waals surface area contributed by atoms with Crippen molar-refractivity contribution in [1.82, 2.24) is 25.3 Å². The van der Waals surface area contributed by atoms with Crippen molar-refractivity contribution >= 4 is 6.03 Å². The highest BCUT2D eigenvalue weighted by Crippen LogP contribution is 2.23. The lowest BCUT2D eigenvalue weighted by Crippen LogP contribution is -2.47. The van der Waals surface area contributed by atoms with Gasteiger partial charge in [0.2, 0.25) is 0 Å². The van der Waals surface area contributed by atoms with Crippen LogP contribution >= 0.6 is 0 Å². The van der Waals surface area contributed by atoms with Gasteiger partial charge in [-0.2, -0.15) is 5.10 Å². The van der Waals surface area contributed by atoms with Crippen molar-refractivity contribution in [2.75, 3.05) is 26.2 Å². The Hall–Kier alpha value is -1.60. The van der Waals surface area contributed by atoms with E-state index in [1.54, 1.807) is 0 Å². The maximum Gasteiger partial charge on any atom is 0.315 e. The highest BCUT2D eigenvalue weighted by molar-refractivity contribution is 5.74. The van der Waals surface area contributed by atoms with E-state index in [-0.39, 0.29) is 12.1 Å². The quantitative estimate of drug-likeness (QED) is 0.819. The van der Waals surface area contributed by atoms with E-state index in [9.17, 15) is 4.79 Å².